The molecule has 4 rings (SSSR count). The first-order chi connectivity index (χ1) is 13.0. The first-order valence-electron chi connectivity index (χ1n) is 7.97. The maximum absolute atomic E-state index is 13.1. The van der Waals surface area contributed by atoms with Gasteiger partial charge in [0, 0.05) is 27.4 Å². The summed E-state index contributed by atoms with van der Waals surface area (Å²) >= 11 is 13.7. The van der Waals surface area contributed by atoms with E-state index in [0.717, 1.165) is 15.6 Å². The first-order valence-corrected chi connectivity index (χ1v) is 9.54. The molecule has 1 amide bonds. The lowest BCUT2D eigenvalue weighted by Crippen LogP contribution is -2.12. The van der Waals surface area contributed by atoms with Gasteiger partial charge in [0.25, 0.3) is 5.91 Å². The van der Waals surface area contributed by atoms with Gasteiger partial charge in [0.2, 0.25) is 0 Å². The molecular formula is C19H12Cl2FN3OS. The van der Waals surface area contributed by atoms with E-state index in [9.17, 15) is 9.18 Å². The second kappa shape index (κ2) is 7.31. The molecule has 0 aliphatic carbocycles. The van der Waals surface area contributed by atoms with Crippen LogP contribution in [0, 0.1) is 5.82 Å². The van der Waals surface area contributed by atoms with Crippen LogP contribution in [0.2, 0.25) is 10.0 Å². The van der Waals surface area contributed by atoms with Gasteiger partial charge in [0.15, 0.2) is 5.82 Å². The zero-order valence-electron chi connectivity index (χ0n) is 13.7. The van der Waals surface area contributed by atoms with Crippen LogP contribution in [0.15, 0.2) is 54.7 Å². The second-order valence-corrected chi connectivity index (χ2v) is 7.67. The summed E-state index contributed by atoms with van der Waals surface area (Å²) in [6.45, 7) is 0.360. The number of hydrogen-bond acceptors (Lipinski definition) is 3. The minimum absolute atomic E-state index is 0.314. The van der Waals surface area contributed by atoms with Crippen molar-refractivity contribution >= 4 is 56.3 Å². The Morgan fingerprint density at radius 2 is 2.00 bits per heavy atom. The molecule has 0 saturated carbocycles. The molecule has 0 radical (unpaired) electrons. The zero-order valence-corrected chi connectivity index (χ0v) is 16.1. The number of aromatic nitrogens is 2. The summed E-state index contributed by atoms with van der Waals surface area (Å²) < 4.78 is 15.7. The SMILES string of the molecule is O=C(Nc1ccn(Cc2ccc(F)cc2Cl)n1)c1sc2ccccc2c1Cl. The molecule has 0 unspecified atom stereocenters. The van der Waals surface area contributed by atoms with Crippen molar-refractivity contribution in [2.75, 3.05) is 5.32 Å². The fourth-order valence-electron chi connectivity index (χ4n) is 2.67. The summed E-state index contributed by atoms with van der Waals surface area (Å²) in [5.74, 6) is -0.310. The maximum Gasteiger partial charge on any atom is 0.268 e. The van der Waals surface area contributed by atoms with Crippen molar-refractivity contribution in [2.45, 2.75) is 6.54 Å². The average Bonchev–Trinajstić information content (AvgIpc) is 3.22. The summed E-state index contributed by atoms with van der Waals surface area (Å²) in [5.41, 5.74) is 0.728. The van der Waals surface area contributed by atoms with E-state index < -0.39 is 5.82 Å². The molecule has 136 valence electrons. The number of fused-ring (bicyclic) bond motifs is 1. The van der Waals surface area contributed by atoms with Crippen molar-refractivity contribution in [1.82, 2.24) is 9.78 Å². The van der Waals surface area contributed by atoms with Gasteiger partial charge in [-0.25, -0.2) is 4.39 Å². The van der Waals surface area contributed by atoms with Crippen LogP contribution in [0.5, 0.6) is 0 Å². The number of amides is 1. The minimum Gasteiger partial charge on any atom is -0.304 e. The van der Waals surface area contributed by atoms with Gasteiger partial charge in [0.1, 0.15) is 10.7 Å². The smallest absolute Gasteiger partial charge is 0.268 e. The average molecular weight is 420 g/mol. The number of carbonyl (C=O) groups excluding carboxylic acids is 1. The third-order valence-corrected chi connectivity index (χ3v) is 6.00. The van der Waals surface area contributed by atoms with Gasteiger partial charge in [0.05, 0.1) is 11.6 Å². The van der Waals surface area contributed by atoms with Crippen LogP contribution in [0.3, 0.4) is 0 Å². The lowest BCUT2D eigenvalue weighted by Gasteiger charge is -2.05. The van der Waals surface area contributed by atoms with Crippen molar-refractivity contribution in [3.63, 3.8) is 0 Å². The predicted octanol–water partition coefficient (Wildman–Crippen LogP) is 5.84. The van der Waals surface area contributed by atoms with E-state index in [1.165, 1.54) is 23.5 Å². The highest BCUT2D eigenvalue weighted by molar-refractivity contribution is 7.21. The molecule has 0 atom stereocenters. The Morgan fingerprint density at radius 1 is 1.19 bits per heavy atom. The molecule has 2 aromatic carbocycles. The van der Waals surface area contributed by atoms with Gasteiger partial charge in [-0.1, -0.05) is 47.5 Å². The Balaban J connectivity index is 1.51. The molecule has 0 fully saturated rings. The number of anilines is 1. The first kappa shape index (κ1) is 18.0. The summed E-state index contributed by atoms with van der Waals surface area (Å²) in [7, 11) is 0. The van der Waals surface area contributed by atoms with Gasteiger partial charge < -0.3 is 5.32 Å². The molecule has 0 aliphatic rings. The molecule has 0 spiro atoms. The summed E-state index contributed by atoms with van der Waals surface area (Å²) in [6, 6.07) is 13.5. The topological polar surface area (TPSA) is 46.9 Å². The van der Waals surface area contributed by atoms with Crippen LogP contribution in [0.4, 0.5) is 10.2 Å². The lowest BCUT2D eigenvalue weighted by molar-refractivity contribution is 0.103. The number of nitrogens with zero attached hydrogens (tertiary/aromatic N) is 2. The Kier molecular flexibility index (Phi) is 4.86. The Morgan fingerprint density at radius 3 is 2.78 bits per heavy atom. The highest BCUT2D eigenvalue weighted by atomic mass is 35.5. The standard InChI is InChI=1S/C19H12Cl2FN3OS/c20-14-9-12(22)6-5-11(14)10-25-8-7-16(24-25)23-19(26)18-17(21)13-3-1-2-4-15(13)27-18/h1-9H,10H2,(H,23,24,26). The van der Waals surface area contributed by atoms with E-state index in [0.29, 0.717) is 27.3 Å². The molecule has 4 aromatic rings. The number of halogens is 3. The number of carbonyl (C=O) groups is 1. The summed E-state index contributed by atoms with van der Waals surface area (Å²) in [5, 5.41) is 8.68. The Labute approximate surface area is 168 Å². The number of rotatable bonds is 4. The van der Waals surface area contributed by atoms with E-state index in [4.69, 9.17) is 23.2 Å². The largest absolute Gasteiger partial charge is 0.304 e. The van der Waals surface area contributed by atoms with Gasteiger partial charge in [-0.15, -0.1) is 11.3 Å². The molecular weight excluding hydrogens is 408 g/mol. The fourth-order valence-corrected chi connectivity index (χ4v) is 4.31. The number of thiophene rings is 1. The van der Waals surface area contributed by atoms with E-state index >= 15 is 0 Å². The zero-order chi connectivity index (χ0) is 19.0. The van der Waals surface area contributed by atoms with E-state index in [1.54, 1.807) is 23.0 Å². The van der Waals surface area contributed by atoms with Crippen molar-refractivity contribution in [3.05, 3.63) is 81.0 Å². The van der Waals surface area contributed by atoms with Crippen LogP contribution in [-0.4, -0.2) is 15.7 Å². The van der Waals surface area contributed by atoms with Gasteiger partial charge in [-0.2, -0.15) is 5.10 Å². The van der Waals surface area contributed by atoms with Crippen molar-refractivity contribution in [1.29, 1.82) is 0 Å². The minimum atomic E-state index is -0.391. The van der Waals surface area contributed by atoms with Gasteiger partial charge in [-0.3, -0.25) is 9.48 Å². The predicted molar refractivity (Wildman–Crippen MR) is 108 cm³/mol. The molecule has 2 heterocycles. The molecule has 2 aromatic heterocycles. The van der Waals surface area contributed by atoms with Crippen LogP contribution in [0.1, 0.15) is 15.2 Å². The molecule has 0 aliphatic heterocycles. The van der Waals surface area contributed by atoms with Crippen LogP contribution in [-0.2, 0) is 6.54 Å². The monoisotopic (exact) mass is 419 g/mol. The molecule has 0 saturated heterocycles. The van der Waals surface area contributed by atoms with Crippen LogP contribution in [0.25, 0.3) is 10.1 Å². The number of hydrogen-bond donors (Lipinski definition) is 1. The van der Waals surface area contributed by atoms with Crippen molar-refractivity contribution < 1.29 is 9.18 Å². The van der Waals surface area contributed by atoms with E-state index in [-0.39, 0.29) is 5.91 Å². The normalized spacial score (nSPS) is 11.1. The van der Waals surface area contributed by atoms with Gasteiger partial charge in [-0.05, 0) is 23.8 Å². The number of nitrogens with one attached hydrogen (secondary N) is 1. The maximum atomic E-state index is 13.1. The third-order valence-electron chi connectivity index (χ3n) is 3.97. The highest BCUT2D eigenvalue weighted by Crippen LogP contribution is 2.35. The molecule has 27 heavy (non-hydrogen) atoms. The highest BCUT2D eigenvalue weighted by Gasteiger charge is 2.17. The van der Waals surface area contributed by atoms with Crippen LogP contribution >= 0.6 is 34.5 Å². The van der Waals surface area contributed by atoms with Gasteiger partial charge >= 0.3 is 0 Å². The molecule has 4 nitrogen and oxygen atoms in total. The quantitative estimate of drug-likeness (QED) is 0.451. The van der Waals surface area contributed by atoms with E-state index in [2.05, 4.69) is 10.4 Å². The number of benzene rings is 2. The summed E-state index contributed by atoms with van der Waals surface area (Å²) in [4.78, 5) is 13.0. The third kappa shape index (κ3) is 3.69. The Bertz CT molecular complexity index is 1160. The van der Waals surface area contributed by atoms with Crippen molar-refractivity contribution in [3.8, 4) is 0 Å². The Hall–Kier alpha value is -2.41. The molecule has 0 bridgehead atoms. The molecule has 8 heteroatoms. The molecule has 1 N–H and O–H groups in total. The van der Waals surface area contributed by atoms with Crippen molar-refractivity contribution in [2.24, 2.45) is 0 Å². The van der Waals surface area contributed by atoms with E-state index in [1.807, 2.05) is 24.3 Å². The second-order valence-electron chi connectivity index (χ2n) is 5.83. The van der Waals surface area contributed by atoms with Crippen LogP contribution < -0.4 is 5.32 Å². The summed E-state index contributed by atoms with van der Waals surface area (Å²) in [6.07, 6.45) is 1.71. The lowest BCUT2D eigenvalue weighted by atomic mass is 10.2. The fraction of sp³-hybridized carbons (Fsp3) is 0.0526.